The number of likely N-dealkylation sites (tertiary alicyclic amines) is 1. The summed E-state index contributed by atoms with van der Waals surface area (Å²) in [6.07, 6.45) is 4.80. The Hall–Kier alpha value is -1.65. The fraction of sp³-hybridized carbons (Fsp3) is 0.353. The van der Waals surface area contributed by atoms with Crippen molar-refractivity contribution in [2.75, 3.05) is 13.1 Å². The molecule has 2 aromatic rings. The van der Waals surface area contributed by atoms with Gasteiger partial charge < -0.3 is 9.64 Å². The van der Waals surface area contributed by atoms with Gasteiger partial charge in [-0.25, -0.2) is 0 Å². The molecule has 21 heavy (non-hydrogen) atoms. The highest BCUT2D eigenvalue weighted by Gasteiger charge is 2.51. The second-order valence-corrected chi connectivity index (χ2v) is 7.04. The number of carbonyl (C=O) groups is 1. The molecular weight excluding hydrogens is 282 g/mol. The van der Waals surface area contributed by atoms with E-state index in [9.17, 15) is 4.79 Å². The molecule has 106 valence electrons. The predicted molar refractivity (Wildman–Crippen MR) is 82.5 cm³/mol. The third kappa shape index (κ3) is 1.60. The van der Waals surface area contributed by atoms with Crippen molar-refractivity contribution in [1.29, 1.82) is 0 Å². The van der Waals surface area contributed by atoms with Gasteiger partial charge in [0.05, 0.1) is 17.8 Å². The van der Waals surface area contributed by atoms with E-state index in [4.69, 9.17) is 4.74 Å². The Morgan fingerprint density at radius 2 is 1.86 bits per heavy atom. The summed E-state index contributed by atoms with van der Waals surface area (Å²) in [4.78, 5) is 14.9. The zero-order chi connectivity index (χ0) is 14.0. The highest BCUT2D eigenvalue weighted by Crippen LogP contribution is 2.44. The van der Waals surface area contributed by atoms with Crippen molar-refractivity contribution in [3.63, 3.8) is 0 Å². The van der Waals surface area contributed by atoms with Crippen molar-refractivity contribution < 1.29 is 9.53 Å². The molecular formula is C17H15NO2S. The Bertz CT molecular complexity index is 745. The number of carbonyl (C=O) groups excluding carboxylic acids is 1. The molecule has 0 spiro atoms. The average Bonchev–Trinajstić information content (AvgIpc) is 3.25. The molecule has 0 radical (unpaired) electrons. The summed E-state index contributed by atoms with van der Waals surface area (Å²) in [5.41, 5.74) is 0.858. The summed E-state index contributed by atoms with van der Waals surface area (Å²) in [6, 6.07) is 8.15. The van der Waals surface area contributed by atoms with E-state index >= 15 is 0 Å². The number of hydrogen-bond donors (Lipinski definition) is 0. The number of thiophene rings is 1. The number of nitrogens with zero attached hydrogens (tertiary/aromatic N) is 1. The topological polar surface area (TPSA) is 29.5 Å². The number of fused-ring (bicyclic) bond motifs is 6. The van der Waals surface area contributed by atoms with Crippen LogP contribution in [-0.4, -0.2) is 36.1 Å². The van der Waals surface area contributed by atoms with E-state index in [-0.39, 0.29) is 18.1 Å². The highest BCUT2D eigenvalue weighted by atomic mass is 32.1. The Kier molecular flexibility index (Phi) is 2.38. The van der Waals surface area contributed by atoms with Crippen LogP contribution in [0.25, 0.3) is 10.1 Å². The van der Waals surface area contributed by atoms with Crippen molar-refractivity contribution in [1.82, 2.24) is 4.90 Å². The maximum Gasteiger partial charge on any atom is 0.255 e. The van der Waals surface area contributed by atoms with Gasteiger partial charge >= 0.3 is 0 Å². The number of ether oxygens (including phenoxy) is 1. The first-order valence-electron chi connectivity index (χ1n) is 7.40. The van der Waals surface area contributed by atoms with Gasteiger partial charge in [0.15, 0.2) is 0 Å². The quantitative estimate of drug-likeness (QED) is 0.757. The first-order valence-corrected chi connectivity index (χ1v) is 8.28. The summed E-state index contributed by atoms with van der Waals surface area (Å²) in [7, 11) is 0. The van der Waals surface area contributed by atoms with E-state index in [0.717, 1.165) is 24.0 Å². The molecule has 0 aliphatic carbocycles. The summed E-state index contributed by atoms with van der Waals surface area (Å²) < 4.78 is 7.07. The zero-order valence-electron chi connectivity index (χ0n) is 11.4. The highest BCUT2D eigenvalue weighted by molar-refractivity contribution is 7.17. The van der Waals surface area contributed by atoms with Crippen LogP contribution < -0.4 is 0 Å². The van der Waals surface area contributed by atoms with E-state index in [1.807, 2.05) is 28.5 Å². The van der Waals surface area contributed by atoms with Gasteiger partial charge in [0, 0.05) is 40.4 Å². The maximum atomic E-state index is 12.9. The molecule has 2 saturated heterocycles. The first-order chi connectivity index (χ1) is 10.3. The lowest BCUT2D eigenvalue weighted by atomic mass is 9.86. The number of benzene rings is 1. The molecule has 3 nitrogen and oxygen atoms in total. The molecule has 4 heterocycles. The van der Waals surface area contributed by atoms with Gasteiger partial charge in [-0.1, -0.05) is 30.4 Å². The molecule has 0 N–H and O–H groups in total. The van der Waals surface area contributed by atoms with Crippen molar-refractivity contribution >= 4 is 27.3 Å². The number of rotatable bonds is 1. The lowest BCUT2D eigenvalue weighted by Gasteiger charge is -2.18. The first kappa shape index (κ1) is 12.0. The Labute approximate surface area is 126 Å². The van der Waals surface area contributed by atoms with Gasteiger partial charge in [-0.2, -0.15) is 0 Å². The fourth-order valence-electron chi connectivity index (χ4n) is 4.01. The van der Waals surface area contributed by atoms with Crippen LogP contribution in [0.4, 0.5) is 0 Å². The minimum absolute atomic E-state index is 0.182. The van der Waals surface area contributed by atoms with Crippen LogP contribution in [-0.2, 0) is 4.74 Å². The molecule has 0 unspecified atom stereocenters. The van der Waals surface area contributed by atoms with Crippen LogP contribution >= 0.6 is 11.3 Å². The average molecular weight is 297 g/mol. The summed E-state index contributed by atoms with van der Waals surface area (Å²) in [5.74, 6) is 1.17. The molecule has 4 heteroatoms. The summed E-state index contributed by atoms with van der Waals surface area (Å²) in [6.45, 7) is 1.67. The normalized spacial score (nSPS) is 33.0. The van der Waals surface area contributed by atoms with Gasteiger partial charge in [0.1, 0.15) is 0 Å². The molecule has 3 aliphatic heterocycles. The monoisotopic (exact) mass is 297 g/mol. The van der Waals surface area contributed by atoms with Gasteiger partial charge in [-0.3, -0.25) is 4.79 Å². The molecule has 2 bridgehead atoms. The van der Waals surface area contributed by atoms with E-state index in [0.29, 0.717) is 11.8 Å². The van der Waals surface area contributed by atoms with Gasteiger partial charge in [0.25, 0.3) is 5.91 Å². The van der Waals surface area contributed by atoms with Crippen LogP contribution in [0.3, 0.4) is 0 Å². The Morgan fingerprint density at radius 1 is 1.14 bits per heavy atom. The van der Waals surface area contributed by atoms with E-state index < -0.39 is 0 Å². The van der Waals surface area contributed by atoms with E-state index in [1.54, 1.807) is 11.3 Å². The van der Waals surface area contributed by atoms with Crippen molar-refractivity contribution in [3.05, 3.63) is 47.4 Å². The number of hydrogen-bond acceptors (Lipinski definition) is 3. The van der Waals surface area contributed by atoms with Crippen LogP contribution in [0, 0.1) is 11.8 Å². The molecule has 0 saturated carbocycles. The predicted octanol–water partition coefficient (Wildman–Crippen LogP) is 2.93. The largest absolute Gasteiger partial charge is 0.366 e. The lowest BCUT2D eigenvalue weighted by Crippen LogP contribution is -2.31. The Balaban J connectivity index is 1.46. The summed E-state index contributed by atoms with van der Waals surface area (Å²) in [5, 5.41) is 3.09. The summed E-state index contributed by atoms with van der Waals surface area (Å²) >= 11 is 1.65. The van der Waals surface area contributed by atoms with Crippen molar-refractivity contribution in [3.8, 4) is 0 Å². The van der Waals surface area contributed by atoms with Crippen LogP contribution in [0.5, 0.6) is 0 Å². The van der Waals surface area contributed by atoms with Gasteiger partial charge in [-0.15, -0.1) is 11.3 Å². The van der Waals surface area contributed by atoms with Crippen LogP contribution in [0.2, 0.25) is 0 Å². The molecule has 1 aromatic heterocycles. The molecule has 5 rings (SSSR count). The smallest absolute Gasteiger partial charge is 0.255 e. The molecule has 1 aromatic carbocycles. The molecule has 1 amide bonds. The van der Waals surface area contributed by atoms with E-state index in [2.05, 4.69) is 18.2 Å². The van der Waals surface area contributed by atoms with Crippen molar-refractivity contribution in [2.24, 2.45) is 11.8 Å². The third-order valence-corrected chi connectivity index (χ3v) is 6.02. The minimum atomic E-state index is 0.182. The molecule has 3 aliphatic rings. The van der Waals surface area contributed by atoms with E-state index in [1.165, 1.54) is 4.70 Å². The lowest BCUT2D eigenvalue weighted by molar-refractivity contribution is 0.0657. The molecule has 4 atom stereocenters. The minimum Gasteiger partial charge on any atom is -0.366 e. The van der Waals surface area contributed by atoms with Crippen LogP contribution in [0.1, 0.15) is 10.4 Å². The van der Waals surface area contributed by atoms with Gasteiger partial charge in [-0.05, 0) is 6.07 Å². The van der Waals surface area contributed by atoms with Crippen molar-refractivity contribution in [2.45, 2.75) is 12.2 Å². The standard InChI is InChI=1S/C17H15NO2S/c19-17(13-9-21-16-4-2-1-3-10(13)16)18-7-11-12(8-18)15-6-5-14(11)20-15/h1-6,9,11-12,14-15H,7-8H2/t11-,12-,14+,15+/m0/s1. The second kappa shape index (κ2) is 4.18. The van der Waals surface area contributed by atoms with Crippen LogP contribution in [0.15, 0.2) is 41.8 Å². The number of amides is 1. The zero-order valence-corrected chi connectivity index (χ0v) is 12.3. The van der Waals surface area contributed by atoms with Gasteiger partial charge in [0.2, 0.25) is 0 Å². The Morgan fingerprint density at radius 3 is 2.62 bits per heavy atom. The SMILES string of the molecule is O=C(c1csc2ccccc12)N1C[C@H]2[C@H](C1)[C@H]1C=C[C@H]2O1. The fourth-order valence-corrected chi connectivity index (χ4v) is 4.94. The maximum absolute atomic E-state index is 12.9. The molecule has 2 fully saturated rings. The third-order valence-electron chi connectivity index (χ3n) is 5.06. The second-order valence-electron chi connectivity index (χ2n) is 6.13.